The number of hydrogen-bond acceptors (Lipinski definition) is 6. The summed E-state index contributed by atoms with van der Waals surface area (Å²) in [6.07, 6.45) is 4.43. The second-order valence-electron chi connectivity index (χ2n) is 12.2. The van der Waals surface area contributed by atoms with Crippen LogP contribution in [-0.4, -0.2) is 34.7 Å². The number of carbonyl (C=O) groups excluding carboxylic acids is 4. The van der Waals surface area contributed by atoms with E-state index in [1.165, 1.54) is 4.90 Å². The number of hydrogen-bond donors (Lipinski definition) is 0. The number of imide groups is 1. The third-order valence-corrected chi connectivity index (χ3v) is 10.1. The summed E-state index contributed by atoms with van der Waals surface area (Å²) in [6, 6.07) is 22.5. The predicted molar refractivity (Wildman–Crippen MR) is 165 cm³/mol. The molecule has 1 aromatic heterocycles. The topological polar surface area (TPSA) is 93.6 Å². The van der Waals surface area contributed by atoms with Crippen molar-refractivity contribution in [3.8, 4) is 11.3 Å². The molecule has 2 saturated carbocycles. The summed E-state index contributed by atoms with van der Waals surface area (Å²) in [4.78, 5) is 59.6. The van der Waals surface area contributed by atoms with E-state index in [1.54, 1.807) is 79.7 Å². The van der Waals surface area contributed by atoms with Crippen LogP contribution in [0.3, 0.4) is 0 Å². The van der Waals surface area contributed by atoms with Crippen LogP contribution in [0.4, 0.5) is 5.69 Å². The van der Waals surface area contributed by atoms with Crippen LogP contribution in [0.2, 0.25) is 5.02 Å². The van der Waals surface area contributed by atoms with Gasteiger partial charge in [-0.2, -0.15) is 0 Å². The molecule has 7 nitrogen and oxygen atoms in total. The summed E-state index contributed by atoms with van der Waals surface area (Å²) in [5, 5.41) is 0.861. The van der Waals surface area contributed by atoms with Gasteiger partial charge in [0.25, 0.3) is 0 Å². The van der Waals surface area contributed by atoms with Gasteiger partial charge in [-0.15, -0.1) is 0 Å². The second-order valence-corrected chi connectivity index (χ2v) is 12.6. The fraction of sp³-hybridized carbons (Fsp3) is 0.250. The van der Waals surface area contributed by atoms with Gasteiger partial charge in [-0.05, 0) is 61.3 Å². The molecule has 1 saturated heterocycles. The van der Waals surface area contributed by atoms with Crippen molar-refractivity contribution in [1.82, 2.24) is 4.98 Å². The minimum atomic E-state index is -1.01. The number of para-hydroxylation sites is 1. The molecule has 7 atom stereocenters. The summed E-state index contributed by atoms with van der Waals surface area (Å²) >= 11 is 6.52. The molecule has 2 bridgehead atoms. The lowest BCUT2D eigenvalue weighted by molar-refractivity contribution is -0.124. The van der Waals surface area contributed by atoms with Gasteiger partial charge in [0.2, 0.25) is 17.6 Å². The molecular weight excluding hydrogens is 576 g/mol. The van der Waals surface area contributed by atoms with E-state index in [9.17, 15) is 19.2 Å². The van der Waals surface area contributed by atoms with Gasteiger partial charge in [0.05, 0.1) is 39.3 Å². The molecule has 3 aromatic carbocycles. The summed E-state index contributed by atoms with van der Waals surface area (Å²) in [5.74, 6) is -0.353. The number of carbonyl (C=O) groups is 4. The Balaban J connectivity index is 1.10. The number of anilines is 1. The van der Waals surface area contributed by atoms with Crippen LogP contribution in [0.25, 0.3) is 22.2 Å². The van der Waals surface area contributed by atoms with Crippen LogP contribution < -0.4 is 4.90 Å². The van der Waals surface area contributed by atoms with Crippen molar-refractivity contribution >= 4 is 51.8 Å². The summed E-state index contributed by atoms with van der Waals surface area (Å²) in [5.41, 5.74) is 2.74. The quantitative estimate of drug-likeness (QED) is 0.108. The Morgan fingerprint density at radius 2 is 1.55 bits per heavy atom. The first-order valence-electron chi connectivity index (χ1n) is 14.9. The number of fused-ring (bicyclic) bond motifs is 1. The minimum absolute atomic E-state index is 0.114. The Bertz CT molecular complexity index is 1880. The zero-order valence-corrected chi connectivity index (χ0v) is 24.5. The van der Waals surface area contributed by atoms with Crippen LogP contribution in [0.15, 0.2) is 91.0 Å². The largest absolute Gasteiger partial charge is 0.451 e. The van der Waals surface area contributed by atoms with Gasteiger partial charge in [-0.3, -0.25) is 19.3 Å². The van der Waals surface area contributed by atoms with E-state index in [2.05, 4.69) is 12.2 Å². The summed E-state index contributed by atoms with van der Waals surface area (Å²) in [6.45, 7) is 1.55. The molecule has 0 spiro atoms. The van der Waals surface area contributed by atoms with Crippen LogP contribution >= 0.6 is 11.6 Å². The lowest BCUT2D eigenvalue weighted by Crippen LogP contribution is -2.40. The van der Waals surface area contributed by atoms with Crippen molar-refractivity contribution in [3.05, 3.63) is 107 Å². The number of aromatic nitrogens is 1. The third kappa shape index (κ3) is 4.06. The van der Waals surface area contributed by atoms with E-state index in [4.69, 9.17) is 21.3 Å². The van der Waals surface area contributed by atoms with Crippen molar-refractivity contribution < 1.29 is 23.9 Å². The normalized spacial score (nSPS) is 26.8. The van der Waals surface area contributed by atoms with Gasteiger partial charge in [-0.25, -0.2) is 9.78 Å². The first-order valence-corrected chi connectivity index (χ1v) is 15.3. The Morgan fingerprint density at radius 1 is 0.886 bits per heavy atom. The van der Waals surface area contributed by atoms with E-state index in [0.29, 0.717) is 50.3 Å². The summed E-state index contributed by atoms with van der Waals surface area (Å²) < 4.78 is 5.63. The van der Waals surface area contributed by atoms with E-state index in [-0.39, 0.29) is 46.8 Å². The van der Waals surface area contributed by atoms with E-state index < -0.39 is 12.1 Å². The molecule has 2 heterocycles. The van der Waals surface area contributed by atoms with E-state index >= 15 is 0 Å². The Morgan fingerprint density at radius 3 is 2.20 bits per heavy atom. The number of allylic oxidation sites excluding steroid dienone is 2. The van der Waals surface area contributed by atoms with Crippen LogP contribution in [-0.2, 0) is 14.3 Å². The highest BCUT2D eigenvalue weighted by Gasteiger charge is 2.67. The number of ketones is 1. The van der Waals surface area contributed by atoms with Gasteiger partial charge in [-0.1, -0.05) is 78.4 Å². The van der Waals surface area contributed by atoms with Crippen molar-refractivity contribution in [2.75, 3.05) is 4.90 Å². The zero-order valence-electron chi connectivity index (χ0n) is 23.7. The maximum Gasteiger partial charge on any atom is 0.339 e. The number of ether oxygens (including phenoxy) is 1. The van der Waals surface area contributed by atoms with E-state index in [1.807, 2.05) is 6.07 Å². The molecular formula is C36H27ClN2O5. The average molecular weight is 603 g/mol. The Kier molecular flexibility index (Phi) is 6.10. The van der Waals surface area contributed by atoms with Gasteiger partial charge in [0, 0.05) is 16.5 Å². The number of benzene rings is 3. The van der Waals surface area contributed by atoms with Crippen LogP contribution in [0, 0.1) is 35.5 Å². The molecule has 218 valence electrons. The first-order chi connectivity index (χ1) is 21.3. The molecule has 2 amide bonds. The molecule has 44 heavy (non-hydrogen) atoms. The fourth-order valence-corrected chi connectivity index (χ4v) is 7.85. The van der Waals surface area contributed by atoms with Crippen LogP contribution in [0.5, 0.6) is 0 Å². The Labute approximate surface area is 258 Å². The minimum Gasteiger partial charge on any atom is -0.451 e. The highest BCUT2D eigenvalue weighted by molar-refractivity contribution is 6.35. The zero-order chi connectivity index (χ0) is 30.3. The molecule has 4 aromatic rings. The monoisotopic (exact) mass is 602 g/mol. The van der Waals surface area contributed by atoms with Crippen molar-refractivity contribution in [2.24, 2.45) is 35.5 Å². The molecule has 8 heteroatoms. The van der Waals surface area contributed by atoms with Crippen molar-refractivity contribution in [1.29, 1.82) is 0 Å². The maximum absolute atomic E-state index is 13.6. The van der Waals surface area contributed by atoms with Gasteiger partial charge in [0.15, 0.2) is 6.10 Å². The first kappa shape index (κ1) is 27.0. The number of Topliss-reactive ketones (excluding diaryl/α,β-unsaturated/α-hetero) is 1. The maximum atomic E-state index is 13.6. The smallest absolute Gasteiger partial charge is 0.339 e. The molecule has 1 aliphatic heterocycles. The van der Waals surface area contributed by atoms with Gasteiger partial charge in [0.1, 0.15) is 0 Å². The predicted octanol–water partition coefficient (Wildman–Crippen LogP) is 6.54. The number of esters is 1. The second kappa shape index (κ2) is 9.96. The molecule has 0 radical (unpaired) electrons. The standard InChI is InChI=1S/C36H27ClN2O5/c1-18(33(40)20-6-3-2-4-7-20)44-36(43)27-17-29(38-32-24(27)8-5-9-28(32)37)19-10-12-21(13-11-19)39-34(41)30-22-14-15-23(26-16-25(22)26)31(30)35(39)42/h2-15,17-18,22-23,25-26,30-31H,16H2,1H3. The lowest BCUT2D eigenvalue weighted by Gasteiger charge is -2.37. The molecule has 0 N–H and O–H groups in total. The number of halogens is 1. The molecule has 4 aliphatic carbocycles. The van der Waals surface area contributed by atoms with Gasteiger partial charge < -0.3 is 4.74 Å². The SMILES string of the molecule is CC(OC(=O)c1cc(-c2ccc(N3C(=O)C4C5C=CC(C6CC56)C4C3=O)cc2)nc2c(Cl)cccc12)C(=O)c1ccccc1. The molecule has 7 unspecified atom stereocenters. The average Bonchev–Trinajstić information content (AvgIpc) is 3.83. The van der Waals surface area contributed by atoms with E-state index in [0.717, 1.165) is 6.42 Å². The number of pyridine rings is 1. The van der Waals surface area contributed by atoms with Crippen molar-refractivity contribution in [3.63, 3.8) is 0 Å². The highest BCUT2D eigenvalue weighted by Crippen LogP contribution is 2.65. The van der Waals surface area contributed by atoms with Crippen molar-refractivity contribution in [2.45, 2.75) is 19.4 Å². The lowest BCUT2D eigenvalue weighted by atomic mass is 9.63. The molecule has 9 rings (SSSR count). The number of nitrogens with zero attached hydrogens (tertiary/aromatic N) is 2. The fourth-order valence-electron chi connectivity index (χ4n) is 7.64. The Hall–Kier alpha value is -4.62. The number of amides is 2. The molecule has 5 aliphatic rings. The highest BCUT2D eigenvalue weighted by atomic mass is 35.5. The van der Waals surface area contributed by atoms with Gasteiger partial charge >= 0.3 is 5.97 Å². The third-order valence-electron chi connectivity index (χ3n) is 9.81. The summed E-state index contributed by atoms with van der Waals surface area (Å²) in [7, 11) is 0. The number of rotatable bonds is 6. The molecule has 3 fully saturated rings. The van der Waals surface area contributed by atoms with Crippen LogP contribution in [0.1, 0.15) is 34.1 Å².